The smallest absolute Gasteiger partial charge is 0.287 e. The first-order valence-electron chi connectivity index (χ1n) is 8.55. The molecule has 4 rings (SSSR count). The first-order valence-corrected chi connectivity index (χ1v) is 8.55. The fourth-order valence-electron chi connectivity index (χ4n) is 2.78. The minimum atomic E-state index is -0.506. The molecule has 4 aromatic rings. The fraction of sp³-hybridized carbons (Fsp3) is 0.0952. The Morgan fingerprint density at radius 1 is 1.11 bits per heavy atom. The lowest BCUT2D eigenvalue weighted by Gasteiger charge is -2.03. The number of methoxy groups -OCH3 is 1. The second-order valence-corrected chi connectivity index (χ2v) is 6.07. The highest BCUT2D eigenvalue weighted by Crippen LogP contribution is 2.24. The van der Waals surface area contributed by atoms with Crippen molar-refractivity contribution in [2.45, 2.75) is 6.54 Å². The minimum Gasteiger partial charge on any atom is -0.497 e. The van der Waals surface area contributed by atoms with E-state index >= 15 is 0 Å². The van der Waals surface area contributed by atoms with Crippen LogP contribution in [-0.4, -0.2) is 18.2 Å². The number of amides is 1. The second-order valence-electron chi connectivity index (χ2n) is 6.07. The Hall–Kier alpha value is -3.87. The molecule has 2 aromatic heterocycles. The molecule has 0 bridgehead atoms. The molecule has 0 unspecified atom stereocenters. The van der Waals surface area contributed by atoms with E-state index in [0.29, 0.717) is 28.2 Å². The van der Waals surface area contributed by atoms with E-state index in [1.54, 1.807) is 37.4 Å². The molecule has 7 heteroatoms. The lowest BCUT2D eigenvalue weighted by atomic mass is 10.1. The van der Waals surface area contributed by atoms with E-state index in [0.717, 1.165) is 5.56 Å². The second kappa shape index (κ2) is 7.40. The third-order valence-electron chi connectivity index (χ3n) is 4.20. The molecule has 0 saturated carbocycles. The van der Waals surface area contributed by atoms with E-state index in [1.807, 2.05) is 24.3 Å². The largest absolute Gasteiger partial charge is 0.497 e. The molecule has 7 nitrogen and oxygen atoms in total. The molecule has 0 aliphatic heterocycles. The van der Waals surface area contributed by atoms with Crippen LogP contribution in [0, 0.1) is 0 Å². The number of benzene rings is 2. The molecule has 0 fully saturated rings. The third-order valence-corrected chi connectivity index (χ3v) is 4.20. The van der Waals surface area contributed by atoms with E-state index in [1.165, 1.54) is 6.07 Å². The highest BCUT2D eigenvalue weighted by molar-refractivity contribution is 5.93. The number of para-hydroxylation sites is 1. The average molecular weight is 376 g/mol. The van der Waals surface area contributed by atoms with Gasteiger partial charge in [0.15, 0.2) is 16.9 Å². The topological polar surface area (TPSA) is 94.6 Å². The number of carbonyl (C=O) groups excluding carboxylic acids is 1. The van der Waals surface area contributed by atoms with Gasteiger partial charge in [-0.15, -0.1) is 0 Å². The molecule has 0 atom stereocenters. The van der Waals surface area contributed by atoms with Crippen LogP contribution in [0.1, 0.15) is 16.2 Å². The molecule has 1 amide bonds. The van der Waals surface area contributed by atoms with Crippen LogP contribution in [0.2, 0.25) is 0 Å². The quantitative estimate of drug-likeness (QED) is 0.574. The predicted molar refractivity (Wildman–Crippen MR) is 102 cm³/mol. The number of carbonyl (C=O) groups is 1. The number of hydrogen-bond acceptors (Lipinski definition) is 6. The summed E-state index contributed by atoms with van der Waals surface area (Å²) >= 11 is 0. The van der Waals surface area contributed by atoms with Crippen molar-refractivity contribution in [3.05, 3.63) is 82.3 Å². The maximum absolute atomic E-state index is 12.4. The molecule has 2 aromatic carbocycles. The van der Waals surface area contributed by atoms with Gasteiger partial charge in [0.2, 0.25) is 0 Å². The summed E-state index contributed by atoms with van der Waals surface area (Å²) in [5.41, 5.74) is 1.44. The zero-order valence-corrected chi connectivity index (χ0v) is 15.0. The standard InChI is InChI=1S/C21H16N2O5/c1-26-15-6-4-5-13(9-15)19-10-14(23-28-19)12-22-21(25)20-11-17(24)16-7-2-3-8-18(16)27-20/h2-11H,12H2,1H3,(H,22,25). The Morgan fingerprint density at radius 3 is 2.82 bits per heavy atom. The lowest BCUT2D eigenvalue weighted by Crippen LogP contribution is -2.24. The van der Waals surface area contributed by atoms with Gasteiger partial charge in [0.05, 0.1) is 19.0 Å². The average Bonchev–Trinajstić information content (AvgIpc) is 3.21. The van der Waals surface area contributed by atoms with E-state index in [4.69, 9.17) is 13.7 Å². The summed E-state index contributed by atoms with van der Waals surface area (Å²) in [5.74, 6) is 0.699. The Bertz CT molecular complexity index is 1210. The van der Waals surface area contributed by atoms with Gasteiger partial charge < -0.3 is 19.0 Å². The van der Waals surface area contributed by atoms with Crippen LogP contribution in [0.25, 0.3) is 22.3 Å². The van der Waals surface area contributed by atoms with Gasteiger partial charge >= 0.3 is 0 Å². The Morgan fingerprint density at radius 2 is 1.96 bits per heavy atom. The summed E-state index contributed by atoms with van der Waals surface area (Å²) < 4.78 is 16.1. The monoisotopic (exact) mass is 376 g/mol. The summed E-state index contributed by atoms with van der Waals surface area (Å²) in [5, 5.41) is 7.06. The maximum Gasteiger partial charge on any atom is 0.287 e. The molecule has 0 spiro atoms. The van der Waals surface area contributed by atoms with Crippen LogP contribution in [-0.2, 0) is 6.54 Å². The fourth-order valence-corrected chi connectivity index (χ4v) is 2.78. The van der Waals surface area contributed by atoms with Crippen LogP contribution in [0.15, 0.2) is 74.4 Å². The molecule has 140 valence electrons. The lowest BCUT2D eigenvalue weighted by molar-refractivity contribution is 0.0923. The van der Waals surface area contributed by atoms with Crippen molar-refractivity contribution in [2.75, 3.05) is 7.11 Å². The number of fused-ring (bicyclic) bond motifs is 1. The molecule has 2 heterocycles. The van der Waals surface area contributed by atoms with Gasteiger partial charge in [-0.05, 0) is 24.3 Å². The summed E-state index contributed by atoms with van der Waals surface area (Å²) in [7, 11) is 1.59. The summed E-state index contributed by atoms with van der Waals surface area (Å²) in [4.78, 5) is 24.5. The van der Waals surface area contributed by atoms with Gasteiger partial charge in [0.1, 0.15) is 17.0 Å². The highest BCUT2D eigenvalue weighted by Gasteiger charge is 2.14. The minimum absolute atomic E-state index is 0.0554. The molecule has 0 aliphatic rings. The van der Waals surface area contributed by atoms with E-state index in [2.05, 4.69) is 10.5 Å². The zero-order valence-electron chi connectivity index (χ0n) is 15.0. The van der Waals surface area contributed by atoms with Gasteiger partial charge in [-0.25, -0.2) is 0 Å². The van der Waals surface area contributed by atoms with Crippen molar-refractivity contribution in [3.63, 3.8) is 0 Å². The Balaban J connectivity index is 1.48. The molecule has 1 N–H and O–H groups in total. The molecule has 0 aliphatic carbocycles. The van der Waals surface area contributed by atoms with E-state index in [-0.39, 0.29) is 17.7 Å². The van der Waals surface area contributed by atoms with Crippen LogP contribution in [0.4, 0.5) is 0 Å². The number of rotatable bonds is 5. The number of nitrogens with one attached hydrogen (secondary N) is 1. The number of nitrogens with zero attached hydrogens (tertiary/aromatic N) is 1. The zero-order chi connectivity index (χ0) is 19.5. The molecular formula is C21H16N2O5. The van der Waals surface area contributed by atoms with Gasteiger partial charge in [-0.2, -0.15) is 0 Å². The normalized spacial score (nSPS) is 10.8. The summed E-state index contributed by atoms with van der Waals surface area (Å²) in [6.07, 6.45) is 0. The van der Waals surface area contributed by atoms with Crippen molar-refractivity contribution in [1.29, 1.82) is 0 Å². The molecular weight excluding hydrogens is 360 g/mol. The third kappa shape index (κ3) is 3.50. The number of ether oxygens (including phenoxy) is 1. The van der Waals surface area contributed by atoms with E-state index < -0.39 is 5.91 Å². The van der Waals surface area contributed by atoms with E-state index in [9.17, 15) is 9.59 Å². The van der Waals surface area contributed by atoms with Gasteiger partial charge in [0.25, 0.3) is 5.91 Å². The van der Waals surface area contributed by atoms with Gasteiger partial charge in [-0.3, -0.25) is 9.59 Å². The Kier molecular flexibility index (Phi) is 4.63. The molecule has 0 radical (unpaired) electrons. The first kappa shape index (κ1) is 17.5. The van der Waals surface area contributed by atoms with Crippen molar-refractivity contribution in [3.8, 4) is 17.1 Å². The molecule has 28 heavy (non-hydrogen) atoms. The van der Waals surface area contributed by atoms with Gasteiger partial charge in [0, 0.05) is 17.7 Å². The van der Waals surface area contributed by atoms with Crippen molar-refractivity contribution in [2.24, 2.45) is 0 Å². The van der Waals surface area contributed by atoms with Crippen LogP contribution in [0.5, 0.6) is 5.75 Å². The number of aromatic nitrogens is 1. The number of hydrogen-bond donors (Lipinski definition) is 1. The maximum atomic E-state index is 12.4. The van der Waals surface area contributed by atoms with Crippen LogP contribution < -0.4 is 15.5 Å². The van der Waals surface area contributed by atoms with Crippen molar-refractivity contribution >= 4 is 16.9 Å². The highest BCUT2D eigenvalue weighted by atomic mass is 16.5. The summed E-state index contributed by atoms with van der Waals surface area (Å²) in [6, 6.07) is 17.1. The van der Waals surface area contributed by atoms with Crippen LogP contribution >= 0.6 is 0 Å². The Labute approximate surface area is 159 Å². The first-order chi connectivity index (χ1) is 13.6. The molecule has 0 saturated heterocycles. The van der Waals surface area contributed by atoms with Gasteiger partial charge in [-0.1, -0.05) is 29.4 Å². The van der Waals surface area contributed by atoms with Crippen molar-refractivity contribution in [1.82, 2.24) is 10.5 Å². The summed E-state index contributed by atoms with van der Waals surface area (Å²) in [6.45, 7) is 0.128. The van der Waals surface area contributed by atoms with Crippen molar-refractivity contribution < 1.29 is 18.5 Å². The van der Waals surface area contributed by atoms with Crippen LogP contribution in [0.3, 0.4) is 0 Å². The predicted octanol–water partition coefficient (Wildman–Crippen LogP) is 3.39. The SMILES string of the molecule is COc1cccc(-c2cc(CNC(=O)c3cc(=O)c4ccccc4o3)no2)c1.